The van der Waals surface area contributed by atoms with Crippen LogP contribution < -0.4 is 0 Å². The number of aliphatic hydroxyl groups is 3. The zero-order valence-corrected chi connectivity index (χ0v) is 9.94. The Morgan fingerprint density at radius 2 is 1.83 bits per heavy atom. The summed E-state index contributed by atoms with van der Waals surface area (Å²) in [6, 6.07) is 8.83. The van der Waals surface area contributed by atoms with E-state index in [2.05, 4.69) is 0 Å². The van der Waals surface area contributed by atoms with E-state index in [0.29, 0.717) is 6.54 Å². The van der Waals surface area contributed by atoms with Crippen LogP contribution in [0.1, 0.15) is 12.0 Å². The highest BCUT2D eigenvalue weighted by Gasteiger charge is 2.45. The van der Waals surface area contributed by atoms with Gasteiger partial charge in [0, 0.05) is 13.2 Å². The smallest absolute Gasteiger partial charge is 0.254 e. The molecule has 5 nitrogen and oxygen atoms in total. The van der Waals surface area contributed by atoms with Crippen molar-refractivity contribution in [2.75, 3.05) is 6.61 Å². The molecule has 1 heterocycles. The average molecular weight is 251 g/mol. The standard InChI is InChI=1S/C13H17NO4/c15-7-6-10-11(16)12(17)13(18)14(10)8-9-4-2-1-3-5-9/h1-5,10-12,15-17H,6-8H2. The molecule has 1 fully saturated rings. The van der Waals surface area contributed by atoms with Crippen molar-refractivity contribution in [2.45, 2.75) is 31.2 Å². The van der Waals surface area contributed by atoms with E-state index in [0.717, 1.165) is 5.56 Å². The normalized spacial score (nSPS) is 27.8. The molecule has 5 heteroatoms. The molecule has 1 aliphatic rings. The SMILES string of the molecule is O=C1C(O)C(O)C(CCO)N1Cc1ccccc1. The van der Waals surface area contributed by atoms with Gasteiger partial charge in [-0.05, 0) is 12.0 Å². The van der Waals surface area contributed by atoms with E-state index in [1.807, 2.05) is 30.3 Å². The van der Waals surface area contributed by atoms with Crippen LogP contribution >= 0.6 is 0 Å². The predicted molar refractivity (Wildman–Crippen MR) is 64.5 cm³/mol. The van der Waals surface area contributed by atoms with E-state index in [1.165, 1.54) is 4.90 Å². The van der Waals surface area contributed by atoms with Gasteiger partial charge in [-0.3, -0.25) is 4.79 Å². The summed E-state index contributed by atoms with van der Waals surface area (Å²) in [5.74, 6) is -0.482. The quantitative estimate of drug-likeness (QED) is 0.674. The molecule has 1 saturated heterocycles. The van der Waals surface area contributed by atoms with Crippen LogP contribution in [0.25, 0.3) is 0 Å². The van der Waals surface area contributed by atoms with Gasteiger partial charge >= 0.3 is 0 Å². The van der Waals surface area contributed by atoms with Crippen molar-refractivity contribution in [2.24, 2.45) is 0 Å². The number of benzene rings is 1. The van der Waals surface area contributed by atoms with Crippen LogP contribution in [0, 0.1) is 0 Å². The fourth-order valence-electron chi connectivity index (χ4n) is 2.31. The van der Waals surface area contributed by atoms with Crippen LogP contribution in [0.5, 0.6) is 0 Å². The maximum absolute atomic E-state index is 11.8. The number of hydrogen-bond donors (Lipinski definition) is 3. The Morgan fingerprint density at radius 1 is 1.17 bits per heavy atom. The van der Waals surface area contributed by atoms with Crippen LogP contribution in [-0.2, 0) is 11.3 Å². The van der Waals surface area contributed by atoms with Gasteiger partial charge in [0.2, 0.25) is 0 Å². The molecular formula is C13H17NO4. The molecule has 3 N–H and O–H groups in total. The summed E-state index contributed by atoms with van der Waals surface area (Å²) < 4.78 is 0. The fourth-order valence-corrected chi connectivity index (χ4v) is 2.31. The van der Waals surface area contributed by atoms with E-state index in [4.69, 9.17) is 5.11 Å². The minimum atomic E-state index is -1.38. The highest BCUT2D eigenvalue weighted by atomic mass is 16.3. The lowest BCUT2D eigenvalue weighted by atomic mass is 10.1. The Hall–Kier alpha value is -1.43. The maximum atomic E-state index is 11.8. The second-order valence-corrected chi connectivity index (χ2v) is 4.47. The van der Waals surface area contributed by atoms with Crippen molar-refractivity contribution in [3.8, 4) is 0 Å². The summed E-state index contributed by atoms with van der Waals surface area (Å²) in [4.78, 5) is 13.3. The number of nitrogens with zero attached hydrogens (tertiary/aromatic N) is 1. The van der Waals surface area contributed by atoms with Gasteiger partial charge in [0.25, 0.3) is 5.91 Å². The van der Waals surface area contributed by atoms with Crippen LogP contribution in [0.2, 0.25) is 0 Å². The molecule has 0 spiro atoms. The topological polar surface area (TPSA) is 81.0 Å². The molecular weight excluding hydrogens is 234 g/mol. The molecule has 1 amide bonds. The number of likely N-dealkylation sites (tertiary alicyclic amines) is 1. The predicted octanol–water partition coefficient (Wildman–Crippen LogP) is -0.498. The van der Waals surface area contributed by atoms with Gasteiger partial charge in [-0.25, -0.2) is 0 Å². The number of carbonyl (C=O) groups excluding carboxylic acids is 1. The van der Waals surface area contributed by atoms with Crippen LogP contribution in [-0.4, -0.2) is 51.0 Å². The number of hydrogen-bond acceptors (Lipinski definition) is 4. The first-order valence-corrected chi connectivity index (χ1v) is 5.96. The minimum absolute atomic E-state index is 0.132. The average Bonchev–Trinajstić information content (AvgIpc) is 2.58. The van der Waals surface area contributed by atoms with Crippen LogP contribution in [0.15, 0.2) is 30.3 Å². The number of rotatable bonds is 4. The van der Waals surface area contributed by atoms with E-state index >= 15 is 0 Å². The summed E-state index contributed by atoms with van der Waals surface area (Å²) in [6.07, 6.45) is -2.25. The Balaban J connectivity index is 2.16. The van der Waals surface area contributed by atoms with Gasteiger partial charge in [-0.1, -0.05) is 30.3 Å². The molecule has 2 rings (SSSR count). The lowest BCUT2D eigenvalue weighted by Gasteiger charge is -2.25. The molecule has 1 aliphatic heterocycles. The Bertz CT molecular complexity index is 409. The Morgan fingerprint density at radius 3 is 2.44 bits per heavy atom. The summed E-state index contributed by atoms with van der Waals surface area (Å²) in [5.41, 5.74) is 0.926. The van der Waals surface area contributed by atoms with Gasteiger partial charge in [0.15, 0.2) is 6.10 Å². The van der Waals surface area contributed by atoms with Crippen LogP contribution in [0.3, 0.4) is 0 Å². The van der Waals surface area contributed by atoms with Crippen molar-refractivity contribution in [1.82, 2.24) is 4.90 Å². The summed E-state index contributed by atoms with van der Waals surface area (Å²) in [5, 5.41) is 28.3. The summed E-state index contributed by atoms with van der Waals surface area (Å²) in [7, 11) is 0. The molecule has 3 unspecified atom stereocenters. The van der Waals surface area contributed by atoms with Crippen molar-refractivity contribution < 1.29 is 20.1 Å². The van der Waals surface area contributed by atoms with Crippen molar-refractivity contribution >= 4 is 5.91 Å². The molecule has 0 aliphatic carbocycles. The molecule has 98 valence electrons. The van der Waals surface area contributed by atoms with Gasteiger partial charge in [-0.15, -0.1) is 0 Å². The molecule has 0 radical (unpaired) electrons. The van der Waals surface area contributed by atoms with Crippen molar-refractivity contribution in [3.63, 3.8) is 0 Å². The third kappa shape index (κ3) is 2.38. The lowest BCUT2D eigenvalue weighted by Crippen LogP contribution is -2.37. The second kappa shape index (κ2) is 5.48. The fraction of sp³-hybridized carbons (Fsp3) is 0.462. The van der Waals surface area contributed by atoms with Crippen LogP contribution in [0.4, 0.5) is 0 Å². The maximum Gasteiger partial charge on any atom is 0.254 e. The van der Waals surface area contributed by atoms with E-state index in [-0.39, 0.29) is 13.0 Å². The van der Waals surface area contributed by atoms with E-state index in [9.17, 15) is 15.0 Å². The van der Waals surface area contributed by atoms with E-state index < -0.39 is 24.2 Å². The van der Waals surface area contributed by atoms with Crippen molar-refractivity contribution in [1.29, 1.82) is 0 Å². The van der Waals surface area contributed by atoms with Gasteiger partial charge in [0.1, 0.15) is 6.10 Å². The third-order valence-corrected chi connectivity index (χ3v) is 3.27. The highest BCUT2D eigenvalue weighted by Crippen LogP contribution is 2.24. The first-order chi connectivity index (χ1) is 8.65. The molecule has 18 heavy (non-hydrogen) atoms. The third-order valence-electron chi connectivity index (χ3n) is 3.27. The highest BCUT2D eigenvalue weighted by molar-refractivity contribution is 5.84. The second-order valence-electron chi connectivity index (χ2n) is 4.47. The zero-order chi connectivity index (χ0) is 13.1. The number of amides is 1. The number of aliphatic hydroxyl groups excluding tert-OH is 3. The molecule has 0 saturated carbocycles. The first kappa shape index (κ1) is 13.0. The number of carbonyl (C=O) groups is 1. The van der Waals surface area contributed by atoms with Gasteiger partial charge in [0.05, 0.1) is 6.04 Å². The molecule has 0 bridgehead atoms. The monoisotopic (exact) mass is 251 g/mol. The summed E-state index contributed by atoms with van der Waals surface area (Å²) in [6.45, 7) is 0.200. The molecule has 1 aromatic carbocycles. The molecule has 0 aromatic heterocycles. The van der Waals surface area contributed by atoms with E-state index in [1.54, 1.807) is 0 Å². The molecule has 3 atom stereocenters. The zero-order valence-electron chi connectivity index (χ0n) is 9.94. The largest absolute Gasteiger partial charge is 0.396 e. The van der Waals surface area contributed by atoms with Crippen molar-refractivity contribution in [3.05, 3.63) is 35.9 Å². The lowest BCUT2D eigenvalue weighted by molar-refractivity contribution is -0.136. The Labute approximate surface area is 105 Å². The van der Waals surface area contributed by atoms with Gasteiger partial charge < -0.3 is 20.2 Å². The minimum Gasteiger partial charge on any atom is -0.396 e. The molecule has 1 aromatic rings. The summed E-state index contributed by atoms with van der Waals surface area (Å²) >= 11 is 0. The van der Waals surface area contributed by atoms with Gasteiger partial charge in [-0.2, -0.15) is 0 Å². The first-order valence-electron chi connectivity index (χ1n) is 5.96. The Kier molecular flexibility index (Phi) is 3.96.